The van der Waals surface area contributed by atoms with Gasteiger partial charge in [-0.15, -0.1) is 0 Å². The lowest BCUT2D eigenvalue weighted by atomic mass is 9.96. The molecule has 0 bridgehead atoms. The van der Waals surface area contributed by atoms with Crippen LogP contribution >= 0.6 is 23.2 Å². The Morgan fingerprint density at radius 1 is 1.12 bits per heavy atom. The van der Waals surface area contributed by atoms with E-state index in [2.05, 4.69) is 20.7 Å². The van der Waals surface area contributed by atoms with Crippen molar-refractivity contribution in [1.29, 1.82) is 0 Å². The summed E-state index contributed by atoms with van der Waals surface area (Å²) in [4.78, 5) is 46.3. The number of nitrogens with one attached hydrogen (secondary N) is 2. The Bertz CT molecular complexity index is 1470. The zero-order valence-electron chi connectivity index (χ0n) is 21.9. The predicted octanol–water partition coefficient (Wildman–Crippen LogP) is 2.69. The SMILES string of the molecule is C/N=C(/NC[C@H](NC(=O)c1c(Cl)cc2c(c1Cl)CCN(C(=O)c1cc3ccccn3n1)C2)C(=O)O)N1CCCC1. The Morgan fingerprint density at radius 3 is 2.60 bits per heavy atom. The number of hydrogen-bond acceptors (Lipinski definition) is 5. The lowest BCUT2D eigenvalue weighted by Gasteiger charge is -2.30. The van der Waals surface area contributed by atoms with Crippen LogP contribution in [0.2, 0.25) is 10.0 Å². The summed E-state index contributed by atoms with van der Waals surface area (Å²) in [5.74, 6) is -1.52. The third-order valence-electron chi connectivity index (χ3n) is 7.19. The molecule has 210 valence electrons. The molecule has 2 aliphatic heterocycles. The number of aromatic nitrogens is 2. The van der Waals surface area contributed by atoms with E-state index in [1.165, 1.54) is 0 Å². The predicted molar refractivity (Wildman–Crippen MR) is 151 cm³/mol. The highest BCUT2D eigenvalue weighted by Gasteiger charge is 2.30. The molecule has 5 rings (SSSR count). The van der Waals surface area contributed by atoms with Crippen molar-refractivity contribution in [2.24, 2.45) is 4.99 Å². The van der Waals surface area contributed by atoms with Crippen LogP contribution in [0.4, 0.5) is 0 Å². The van der Waals surface area contributed by atoms with Crippen LogP contribution in [0.1, 0.15) is 44.8 Å². The van der Waals surface area contributed by atoms with Crippen molar-refractivity contribution >= 4 is 52.5 Å². The molecule has 0 unspecified atom stereocenters. The number of aliphatic carboxylic acids is 1. The number of carbonyl (C=O) groups is 3. The molecule has 0 radical (unpaired) electrons. The first-order chi connectivity index (χ1) is 19.3. The Morgan fingerprint density at radius 2 is 1.90 bits per heavy atom. The second-order valence-electron chi connectivity index (χ2n) is 9.75. The van der Waals surface area contributed by atoms with E-state index in [1.807, 2.05) is 23.1 Å². The number of halogens is 2. The number of rotatable bonds is 6. The molecule has 11 nitrogen and oxygen atoms in total. The summed E-state index contributed by atoms with van der Waals surface area (Å²) >= 11 is 13.2. The number of carbonyl (C=O) groups excluding carboxylic acids is 2. The normalized spacial score (nSPS) is 16.1. The number of nitrogens with zero attached hydrogens (tertiary/aromatic N) is 5. The Balaban J connectivity index is 1.29. The first-order valence-electron chi connectivity index (χ1n) is 13.0. The van der Waals surface area contributed by atoms with Crippen LogP contribution in [0, 0.1) is 0 Å². The van der Waals surface area contributed by atoms with E-state index in [1.54, 1.807) is 34.8 Å². The molecule has 0 spiro atoms. The topological polar surface area (TPSA) is 132 Å². The maximum atomic E-state index is 13.2. The van der Waals surface area contributed by atoms with Gasteiger partial charge in [-0.1, -0.05) is 29.3 Å². The molecule has 2 aromatic heterocycles. The second kappa shape index (κ2) is 11.7. The molecule has 40 heavy (non-hydrogen) atoms. The molecule has 3 N–H and O–H groups in total. The second-order valence-corrected chi connectivity index (χ2v) is 10.5. The highest BCUT2D eigenvalue weighted by Crippen LogP contribution is 2.35. The van der Waals surface area contributed by atoms with Gasteiger partial charge in [-0.2, -0.15) is 5.10 Å². The maximum absolute atomic E-state index is 13.2. The van der Waals surface area contributed by atoms with Crippen LogP contribution < -0.4 is 10.6 Å². The molecule has 4 heterocycles. The number of likely N-dealkylation sites (tertiary alicyclic amines) is 1. The van der Waals surface area contributed by atoms with E-state index in [4.69, 9.17) is 23.2 Å². The largest absolute Gasteiger partial charge is 0.480 e. The van der Waals surface area contributed by atoms with E-state index < -0.39 is 17.9 Å². The van der Waals surface area contributed by atoms with Crippen molar-refractivity contribution in [2.75, 3.05) is 33.2 Å². The molecular formula is C27H29Cl2N7O4. The minimum atomic E-state index is -1.24. The standard InChI is InChI=1S/C27H29Cl2N7O4/c1-30-27(34-8-4-5-9-34)31-14-21(26(39)40)32-24(37)22-19(28)12-16-15-35(11-7-18(16)23(22)29)25(38)20-13-17-6-2-3-10-36(17)33-20/h2-3,6,10,12-13,21H,4-5,7-9,11,14-15H2,1H3,(H,30,31)(H,32,37)(H,39,40)/t21-/m0/s1. The maximum Gasteiger partial charge on any atom is 0.328 e. The van der Waals surface area contributed by atoms with Gasteiger partial charge in [-0.25, -0.2) is 9.31 Å². The Kier molecular flexibility index (Phi) is 8.13. The smallest absolute Gasteiger partial charge is 0.328 e. The highest BCUT2D eigenvalue weighted by molar-refractivity contribution is 6.40. The third-order valence-corrected chi connectivity index (χ3v) is 7.91. The average molecular weight is 586 g/mol. The number of carboxylic acids is 1. The van der Waals surface area contributed by atoms with Crippen molar-refractivity contribution < 1.29 is 19.5 Å². The van der Waals surface area contributed by atoms with Crippen LogP contribution in [0.25, 0.3) is 5.52 Å². The lowest BCUT2D eigenvalue weighted by Crippen LogP contribution is -2.51. The van der Waals surface area contributed by atoms with Gasteiger partial charge in [-0.05, 0) is 54.7 Å². The highest BCUT2D eigenvalue weighted by atomic mass is 35.5. The fraction of sp³-hybridized carbons (Fsp3) is 0.370. The number of benzene rings is 1. The quantitative estimate of drug-likeness (QED) is 0.299. The van der Waals surface area contributed by atoms with Gasteiger partial charge in [0.15, 0.2) is 11.7 Å². The number of pyridine rings is 1. The van der Waals surface area contributed by atoms with E-state index in [0.717, 1.165) is 37.0 Å². The number of fused-ring (bicyclic) bond motifs is 2. The van der Waals surface area contributed by atoms with Crippen LogP contribution in [0.5, 0.6) is 0 Å². The average Bonchev–Trinajstić information content (AvgIpc) is 3.62. The molecule has 2 amide bonds. The van der Waals surface area contributed by atoms with Gasteiger partial charge in [0.1, 0.15) is 6.04 Å². The fourth-order valence-electron chi connectivity index (χ4n) is 5.12. The molecule has 13 heteroatoms. The van der Waals surface area contributed by atoms with E-state index in [-0.39, 0.29) is 34.6 Å². The summed E-state index contributed by atoms with van der Waals surface area (Å²) in [7, 11) is 1.63. The minimum absolute atomic E-state index is 0.0115. The van der Waals surface area contributed by atoms with E-state index >= 15 is 0 Å². The van der Waals surface area contributed by atoms with E-state index in [0.29, 0.717) is 30.2 Å². The summed E-state index contributed by atoms with van der Waals surface area (Å²) in [6, 6.07) is 7.69. The molecule has 3 aromatic rings. The van der Waals surface area contributed by atoms with Crippen molar-refractivity contribution in [3.8, 4) is 0 Å². The monoisotopic (exact) mass is 585 g/mol. The van der Waals surface area contributed by atoms with E-state index in [9.17, 15) is 19.5 Å². The van der Waals surface area contributed by atoms with Gasteiger partial charge < -0.3 is 25.5 Å². The van der Waals surface area contributed by atoms with Crippen LogP contribution in [-0.2, 0) is 17.8 Å². The van der Waals surface area contributed by atoms with Crippen LogP contribution in [0.3, 0.4) is 0 Å². The molecule has 1 fully saturated rings. The number of carboxylic acid groups (broad SMARTS) is 1. The fourth-order valence-corrected chi connectivity index (χ4v) is 5.89. The van der Waals surface area contributed by atoms with Crippen molar-refractivity contribution in [1.82, 2.24) is 30.0 Å². The summed E-state index contributed by atoms with van der Waals surface area (Å²) in [6.07, 6.45) is 4.27. The molecular weight excluding hydrogens is 557 g/mol. The first-order valence-corrected chi connectivity index (χ1v) is 13.7. The molecule has 1 saturated heterocycles. The van der Waals surface area contributed by atoms with Gasteiger partial charge in [-0.3, -0.25) is 14.6 Å². The van der Waals surface area contributed by atoms with Gasteiger partial charge in [0.25, 0.3) is 11.8 Å². The molecule has 1 aromatic carbocycles. The summed E-state index contributed by atoms with van der Waals surface area (Å²) in [5.41, 5.74) is 2.58. The zero-order chi connectivity index (χ0) is 28.4. The van der Waals surface area contributed by atoms with Crippen LogP contribution in [0.15, 0.2) is 41.5 Å². The Labute approximate surface area is 240 Å². The van der Waals surface area contributed by atoms with Gasteiger partial charge in [0.05, 0.1) is 21.1 Å². The van der Waals surface area contributed by atoms with Crippen molar-refractivity contribution in [3.05, 3.63) is 69.0 Å². The van der Waals surface area contributed by atoms with Gasteiger partial charge >= 0.3 is 5.97 Å². The molecule has 1 atom stereocenters. The summed E-state index contributed by atoms with van der Waals surface area (Å²) in [5, 5.41) is 19.9. The number of amides is 2. The summed E-state index contributed by atoms with van der Waals surface area (Å²) < 4.78 is 1.64. The summed E-state index contributed by atoms with van der Waals surface area (Å²) in [6.45, 7) is 2.24. The minimum Gasteiger partial charge on any atom is -0.480 e. The first kappa shape index (κ1) is 27.7. The third kappa shape index (κ3) is 5.57. The van der Waals surface area contributed by atoms with Crippen molar-refractivity contribution in [2.45, 2.75) is 31.8 Å². The van der Waals surface area contributed by atoms with Crippen molar-refractivity contribution in [3.63, 3.8) is 0 Å². The molecule has 0 aliphatic carbocycles. The molecule has 0 saturated carbocycles. The van der Waals surface area contributed by atoms with Gasteiger partial charge in [0, 0.05) is 46.0 Å². The number of aliphatic imine (C=N–C) groups is 1. The molecule has 2 aliphatic rings. The lowest BCUT2D eigenvalue weighted by molar-refractivity contribution is -0.139. The van der Waals surface area contributed by atoms with Gasteiger partial charge in [0.2, 0.25) is 0 Å². The Hall–Kier alpha value is -3.83. The number of guanidine groups is 1. The number of hydrogen-bond donors (Lipinski definition) is 3. The van der Waals surface area contributed by atoms with Crippen LogP contribution in [-0.4, -0.2) is 87.5 Å². The zero-order valence-corrected chi connectivity index (χ0v) is 23.4.